The number of benzene rings is 1. The Kier molecular flexibility index (Phi) is 2.64. The first-order chi connectivity index (χ1) is 9.47. The van der Waals surface area contributed by atoms with E-state index in [9.17, 15) is 4.79 Å². The molecule has 0 atom stereocenters. The standard InChI is InChI=1S/C15H15N3O2/c1-8-4-5-11-7-13(20-12(11)6-8)15(19)18-10(3)14(16)9(2)17-18/h4-7H,16H2,1-3H3. The molecule has 0 fully saturated rings. The van der Waals surface area contributed by atoms with Gasteiger partial charge in [0, 0.05) is 5.39 Å². The molecule has 2 aromatic heterocycles. The maximum absolute atomic E-state index is 12.4. The van der Waals surface area contributed by atoms with Gasteiger partial charge in [0.1, 0.15) is 5.58 Å². The van der Waals surface area contributed by atoms with Crippen molar-refractivity contribution in [2.75, 3.05) is 5.73 Å². The van der Waals surface area contributed by atoms with Crippen LogP contribution in [0.2, 0.25) is 0 Å². The van der Waals surface area contributed by atoms with E-state index < -0.39 is 0 Å². The van der Waals surface area contributed by atoms with Crippen molar-refractivity contribution in [3.8, 4) is 0 Å². The predicted molar refractivity (Wildman–Crippen MR) is 76.8 cm³/mol. The highest BCUT2D eigenvalue weighted by atomic mass is 16.3. The summed E-state index contributed by atoms with van der Waals surface area (Å²) in [6, 6.07) is 7.54. The molecule has 0 saturated heterocycles. The molecule has 1 aromatic carbocycles. The Morgan fingerprint density at radius 1 is 1.25 bits per heavy atom. The van der Waals surface area contributed by atoms with Crippen molar-refractivity contribution in [3.63, 3.8) is 0 Å². The van der Waals surface area contributed by atoms with Gasteiger partial charge in [-0.1, -0.05) is 12.1 Å². The highest BCUT2D eigenvalue weighted by Crippen LogP contribution is 2.23. The Labute approximate surface area is 116 Å². The zero-order chi connectivity index (χ0) is 14.4. The lowest BCUT2D eigenvalue weighted by atomic mass is 10.2. The average Bonchev–Trinajstić information content (AvgIpc) is 2.94. The summed E-state index contributed by atoms with van der Waals surface area (Å²) in [4.78, 5) is 12.4. The first-order valence-corrected chi connectivity index (χ1v) is 6.34. The number of hydrogen-bond acceptors (Lipinski definition) is 4. The molecular weight excluding hydrogens is 254 g/mol. The predicted octanol–water partition coefficient (Wildman–Crippen LogP) is 2.83. The Bertz CT molecular complexity index is 827. The van der Waals surface area contributed by atoms with E-state index in [1.54, 1.807) is 19.9 Å². The van der Waals surface area contributed by atoms with Crippen molar-refractivity contribution in [1.29, 1.82) is 0 Å². The summed E-state index contributed by atoms with van der Waals surface area (Å²) in [5.74, 6) is -0.0487. The van der Waals surface area contributed by atoms with Gasteiger partial charge in [0.05, 0.1) is 17.1 Å². The van der Waals surface area contributed by atoms with Crippen LogP contribution in [0.25, 0.3) is 11.0 Å². The molecule has 102 valence electrons. The molecule has 0 aliphatic carbocycles. The Hall–Kier alpha value is -2.56. The smallest absolute Gasteiger partial charge is 0.314 e. The number of furan rings is 1. The summed E-state index contributed by atoms with van der Waals surface area (Å²) in [6.07, 6.45) is 0. The van der Waals surface area contributed by atoms with E-state index in [4.69, 9.17) is 10.2 Å². The van der Waals surface area contributed by atoms with Gasteiger partial charge >= 0.3 is 5.91 Å². The number of fused-ring (bicyclic) bond motifs is 1. The number of nitrogens with two attached hydrogens (primary N) is 1. The third-order valence-electron chi connectivity index (χ3n) is 3.43. The second-order valence-electron chi connectivity index (χ2n) is 4.95. The molecule has 20 heavy (non-hydrogen) atoms. The van der Waals surface area contributed by atoms with E-state index in [1.807, 2.05) is 25.1 Å². The molecule has 2 heterocycles. The molecule has 0 aliphatic rings. The quantitative estimate of drug-likeness (QED) is 0.737. The minimum absolute atomic E-state index is 0.260. The van der Waals surface area contributed by atoms with Gasteiger partial charge < -0.3 is 10.2 Å². The zero-order valence-electron chi connectivity index (χ0n) is 11.6. The molecule has 5 nitrogen and oxygen atoms in total. The molecule has 3 rings (SSSR count). The number of aromatic nitrogens is 2. The number of nitrogen functional groups attached to an aromatic ring is 1. The van der Waals surface area contributed by atoms with Crippen LogP contribution in [0.3, 0.4) is 0 Å². The van der Waals surface area contributed by atoms with E-state index in [-0.39, 0.29) is 11.7 Å². The number of hydrogen-bond donors (Lipinski definition) is 1. The third kappa shape index (κ3) is 1.79. The summed E-state index contributed by atoms with van der Waals surface area (Å²) in [5, 5.41) is 5.05. The SMILES string of the molecule is Cc1ccc2cc(C(=O)n3nc(C)c(N)c3C)oc2c1. The fourth-order valence-electron chi connectivity index (χ4n) is 2.20. The highest BCUT2D eigenvalue weighted by molar-refractivity contribution is 5.97. The van der Waals surface area contributed by atoms with Crippen LogP contribution >= 0.6 is 0 Å². The Balaban J connectivity index is 2.10. The first-order valence-electron chi connectivity index (χ1n) is 6.34. The summed E-state index contributed by atoms with van der Waals surface area (Å²) >= 11 is 0. The minimum Gasteiger partial charge on any atom is -0.451 e. The minimum atomic E-state index is -0.309. The van der Waals surface area contributed by atoms with Crippen molar-refractivity contribution < 1.29 is 9.21 Å². The number of carbonyl (C=O) groups excluding carboxylic acids is 1. The second kappa shape index (κ2) is 4.23. The van der Waals surface area contributed by atoms with Crippen molar-refractivity contribution in [1.82, 2.24) is 9.78 Å². The van der Waals surface area contributed by atoms with Gasteiger partial charge in [0.15, 0.2) is 5.76 Å². The molecule has 0 spiro atoms. The van der Waals surface area contributed by atoms with Crippen LogP contribution in [-0.2, 0) is 0 Å². The number of anilines is 1. The van der Waals surface area contributed by atoms with E-state index in [2.05, 4.69) is 5.10 Å². The van der Waals surface area contributed by atoms with Gasteiger partial charge in [-0.3, -0.25) is 4.79 Å². The normalized spacial score (nSPS) is 11.2. The lowest BCUT2D eigenvalue weighted by molar-refractivity contribution is 0.0916. The van der Waals surface area contributed by atoms with Gasteiger partial charge in [-0.25, -0.2) is 0 Å². The monoisotopic (exact) mass is 269 g/mol. The van der Waals surface area contributed by atoms with Gasteiger partial charge in [0.25, 0.3) is 0 Å². The molecule has 0 aliphatic heterocycles. The largest absolute Gasteiger partial charge is 0.451 e. The highest BCUT2D eigenvalue weighted by Gasteiger charge is 2.19. The van der Waals surface area contributed by atoms with E-state index in [1.165, 1.54) is 4.68 Å². The molecule has 0 radical (unpaired) electrons. The van der Waals surface area contributed by atoms with Crippen LogP contribution in [0, 0.1) is 20.8 Å². The van der Waals surface area contributed by atoms with Crippen LogP contribution in [0.5, 0.6) is 0 Å². The molecule has 3 aromatic rings. The lowest BCUT2D eigenvalue weighted by Gasteiger charge is -1.99. The van der Waals surface area contributed by atoms with Gasteiger partial charge in [-0.15, -0.1) is 0 Å². The molecule has 0 unspecified atom stereocenters. The van der Waals surface area contributed by atoms with Crippen molar-refractivity contribution in [3.05, 3.63) is 47.0 Å². The lowest BCUT2D eigenvalue weighted by Crippen LogP contribution is -2.14. The average molecular weight is 269 g/mol. The van der Waals surface area contributed by atoms with Crippen LogP contribution in [0.15, 0.2) is 28.7 Å². The van der Waals surface area contributed by atoms with E-state index in [0.29, 0.717) is 22.7 Å². The maximum Gasteiger partial charge on any atom is 0.314 e. The topological polar surface area (TPSA) is 74.0 Å². The molecular formula is C15H15N3O2. The molecule has 0 saturated carbocycles. The summed E-state index contributed by atoms with van der Waals surface area (Å²) in [5.41, 5.74) is 9.43. The Morgan fingerprint density at radius 2 is 2.00 bits per heavy atom. The van der Waals surface area contributed by atoms with Gasteiger partial charge in [-0.2, -0.15) is 9.78 Å². The molecule has 0 amide bonds. The van der Waals surface area contributed by atoms with Crippen LogP contribution in [0.1, 0.15) is 27.5 Å². The number of aryl methyl sites for hydroxylation is 2. The zero-order valence-corrected chi connectivity index (χ0v) is 11.6. The molecule has 0 bridgehead atoms. The van der Waals surface area contributed by atoms with Gasteiger partial charge in [-0.05, 0) is 38.5 Å². The Morgan fingerprint density at radius 3 is 2.65 bits per heavy atom. The number of carbonyl (C=O) groups is 1. The molecule has 5 heteroatoms. The first kappa shape index (κ1) is 12.5. The van der Waals surface area contributed by atoms with Crippen molar-refractivity contribution in [2.24, 2.45) is 0 Å². The van der Waals surface area contributed by atoms with Crippen molar-refractivity contribution >= 4 is 22.6 Å². The van der Waals surface area contributed by atoms with Crippen molar-refractivity contribution in [2.45, 2.75) is 20.8 Å². The fourth-order valence-corrected chi connectivity index (χ4v) is 2.20. The van der Waals surface area contributed by atoms with E-state index >= 15 is 0 Å². The summed E-state index contributed by atoms with van der Waals surface area (Å²) in [6.45, 7) is 5.51. The number of rotatable bonds is 1. The van der Waals surface area contributed by atoms with Crippen LogP contribution < -0.4 is 5.73 Å². The second-order valence-corrected chi connectivity index (χ2v) is 4.95. The van der Waals surface area contributed by atoms with E-state index in [0.717, 1.165) is 10.9 Å². The third-order valence-corrected chi connectivity index (χ3v) is 3.43. The van der Waals surface area contributed by atoms with Gasteiger partial charge in [0.2, 0.25) is 0 Å². The molecule has 2 N–H and O–H groups in total. The van der Waals surface area contributed by atoms with Crippen LogP contribution in [0.4, 0.5) is 5.69 Å². The maximum atomic E-state index is 12.4. The number of nitrogens with zero attached hydrogens (tertiary/aromatic N) is 2. The summed E-state index contributed by atoms with van der Waals surface area (Å²) < 4.78 is 6.90. The fraction of sp³-hybridized carbons (Fsp3) is 0.200. The van der Waals surface area contributed by atoms with Crippen LogP contribution in [-0.4, -0.2) is 15.7 Å². The summed E-state index contributed by atoms with van der Waals surface area (Å²) in [7, 11) is 0.